The lowest BCUT2D eigenvalue weighted by molar-refractivity contribution is 0.0746. The first-order valence-corrected chi connectivity index (χ1v) is 11.0. The van der Waals surface area contributed by atoms with Gasteiger partial charge in [0.1, 0.15) is 5.82 Å². The van der Waals surface area contributed by atoms with Gasteiger partial charge in [0.05, 0.1) is 13.2 Å². The van der Waals surface area contributed by atoms with Gasteiger partial charge in [-0.2, -0.15) is 4.98 Å². The SMILES string of the molecule is Cc1ccc(Nc2cc(C)nc(N3CCN(C(=O)c4ccc5c(c4)COC5)CC3)n2)cc1. The molecule has 0 atom stereocenters. The van der Waals surface area contributed by atoms with Crippen molar-refractivity contribution in [2.45, 2.75) is 27.1 Å². The van der Waals surface area contributed by atoms with Crippen LogP contribution >= 0.6 is 0 Å². The molecular formula is C25H27N5O2. The molecule has 3 aromatic rings. The van der Waals surface area contributed by atoms with Gasteiger partial charge in [-0.05, 0) is 49.2 Å². The van der Waals surface area contributed by atoms with Crippen molar-refractivity contribution in [2.75, 3.05) is 36.4 Å². The van der Waals surface area contributed by atoms with E-state index in [0.29, 0.717) is 45.3 Å². The van der Waals surface area contributed by atoms with E-state index < -0.39 is 0 Å². The summed E-state index contributed by atoms with van der Waals surface area (Å²) in [5.41, 5.74) is 6.15. The predicted octanol–water partition coefficient (Wildman–Crippen LogP) is 3.83. The molecule has 32 heavy (non-hydrogen) atoms. The molecule has 1 amide bonds. The number of carbonyl (C=O) groups excluding carboxylic acids is 1. The van der Waals surface area contributed by atoms with Gasteiger partial charge in [-0.3, -0.25) is 4.79 Å². The zero-order valence-corrected chi connectivity index (χ0v) is 18.5. The molecule has 7 nitrogen and oxygen atoms in total. The number of aromatic nitrogens is 2. The van der Waals surface area contributed by atoms with E-state index in [1.165, 1.54) is 11.1 Å². The lowest BCUT2D eigenvalue weighted by Gasteiger charge is -2.35. The summed E-state index contributed by atoms with van der Waals surface area (Å²) in [6, 6.07) is 16.1. The van der Waals surface area contributed by atoms with Crippen LogP contribution < -0.4 is 10.2 Å². The zero-order chi connectivity index (χ0) is 22.1. The van der Waals surface area contributed by atoms with Gasteiger partial charge in [-0.25, -0.2) is 4.98 Å². The second-order valence-electron chi connectivity index (χ2n) is 8.44. The number of nitrogens with zero attached hydrogens (tertiary/aromatic N) is 4. The van der Waals surface area contributed by atoms with Gasteiger partial charge in [-0.15, -0.1) is 0 Å². The average Bonchev–Trinajstić information content (AvgIpc) is 3.28. The summed E-state index contributed by atoms with van der Waals surface area (Å²) in [5.74, 6) is 1.54. The van der Waals surface area contributed by atoms with Gasteiger partial charge in [0, 0.05) is 49.2 Å². The van der Waals surface area contributed by atoms with Crippen LogP contribution in [-0.2, 0) is 18.0 Å². The highest BCUT2D eigenvalue weighted by atomic mass is 16.5. The minimum atomic E-state index is 0.0752. The van der Waals surface area contributed by atoms with E-state index in [-0.39, 0.29) is 5.91 Å². The normalized spacial score (nSPS) is 15.6. The molecule has 0 spiro atoms. The Balaban J connectivity index is 1.25. The summed E-state index contributed by atoms with van der Waals surface area (Å²) < 4.78 is 5.47. The Morgan fingerprint density at radius 3 is 2.44 bits per heavy atom. The highest BCUT2D eigenvalue weighted by Gasteiger charge is 2.25. The maximum atomic E-state index is 13.0. The summed E-state index contributed by atoms with van der Waals surface area (Å²) in [7, 11) is 0. The minimum Gasteiger partial charge on any atom is -0.372 e. The Bertz CT molecular complexity index is 1140. The first-order chi connectivity index (χ1) is 15.5. The van der Waals surface area contributed by atoms with Crippen molar-refractivity contribution in [1.29, 1.82) is 0 Å². The van der Waals surface area contributed by atoms with Crippen molar-refractivity contribution in [3.63, 3.8) is 0 Å². The molecule has 0 radical (unpaired) electrons. The van der Waals surface area contributed by atoms with Gasteiger partial charge in [-0.1, -0.05) is 23.8 Å². The summed E-state index contributed by atoms with van der Waals surface area (Å²) in [6.07, 6.45) is 0. The maximum absolute atomic E-state index is 13.0. The number of rotatable bonds is 4. The number of nitrogens with one attached hydrogen (secondary N) is 1. The lowest BCUT2D eigenvalue weighted by Crippen LogP contribution is -2.49. The average molecular weight is 430 g/mol. The van der Waals surface area contributed by atoms with E-state index >= 15 is 0 Å². The molecule has 1 N–H and O–H groups in total. The van der Waals surface area contributed by atoms with Gasteiger partial charge in [0.25, 0.3) is 5.91 Å². The van der Waals surface area contributed by atoms with Crippen LogP contribution in [-0.4, -0.2) is 47.0 Å². The fourth-order valence-electron chi connectivity index (χ4n) is 4.14. The molecule has 0 saturated carbocycles. The van der Waals surface area contributed by atoms with Crippen LogP contribution in [0.1, 0.15) is 32.7 Å². The molecule has 0 bridgehead atoms. The van der Waals surface area contributed by atoms with E-state index in [0.717, 1.165) is 28.3 Å². The summed E-state index contributed by atoms with van der Waals surface area (Å²) in [5, 5.41) is 3.37. The molecule has 1 aromatic heterocycles. The van der Waals surface area contributed by atoms with E-state index in [4.69, 9.17) is 9.72 Å². The standard InChI is InChI=1S/C25H27N5O2/c1-17-3-7-22(8-4-17)27-23-13-18(2)26-25(28-23)30-11-9-29(10-12-30)24(31)19-5-6-20-15-32-16-21(20)14-19/h3-8,13-14H,9-12,15-16H2,1-2H3,(H,26,27,28). The molecule has 7 heteroatoms. The Kier molecular flexibility index (Phi) is 5.49. The van der Waals surface area contributed by atoms with E-state index in [2.05, 4.69) is 34.3 Å². The number of aryl methyl sites for hydroxylation is 2. The number of fused-ring (bicyclic) bond motifs is 1. The zero-order valence-electron chi connectivity index (χ0n) is 18.5. The fourth-order valence-corrected chi connectivity index (χ4v) is 4.14. The smallest absolute Gasteiger partial charge is 0.253 e. The van der Waals surface area contributed by atoms with Gasteiger partial charge in [0.15, 0.2) is 0 Å². The van der Waals surface area contributed by atoms with Crippen molar-refractivity contribution < 1.29 is 9.53 Å². The topological polar surface area (TPSA) is 70.6 Å². The number of hydrogen-bond donors (Lipinski definition) is 1. The Morgan fingerprint density at radius 2 is 1.66 bits per heavy atom. The number of piperazine rings is 1. The van der Waals surface area contributed by atoms with E-state index in [9.17, 15) is 4.79 Å². The molecule has 0 aliphatic carbocycles. The Hall–Kier alpha value is -3.45. The number of carbonyl (C=O) groups is 1. The highest BCUT2D eigenvalue weighted by Crippen LogP contribution is 2.23. The molecule has 2 aliphatic heterocycles. The van der Waals surface area contributed by atoms with Crippen molar-refractivity contribution in [2.24, 2.45) is 0 Å². The summed E-state index contributed by atoms with van der Waals surface area (Å²) in [4.78, 5) is 26.4. The first-order valence-electron chi connectivity index (χ1n) is 11.0. The Labute approximate surface area is 188 Å². The molecule has 0 unspecified atom stereocenters. The number of amides is 1. The Morgan fingerprint density at radius 1 is 0.906 bits per heavy atom. The van der Waals surface area contributed by atoms with Crippen LogP contribution in [0.4, 0.5) is 17.5 Å². The van der Waals surface area contributed by atoms with Gasteiger partial charge >= 0.3 is 0 Å². The third-order valence-electron chi connectivity index (χ3n) is 5.98. The molecule has 2 aromatic carbocycles. The number of anilines is 3. The van der Waals surface area contributed by atoms with Gasteiger partial charge < -0.3 is 19.9 Å². The van der Waals surface area contributed by atoms with Crippen molar-refractivity contribution in [3.8, 4) is 0 Å². The fraction of sp³-hybridized carbons (Fsp3) is 0.320. The largest absolute Gasteiger partial charge is 0.372 e. The lowest BCUT2D eigenvalue weighted by atomic mass is 10.1. The van der Waals surface area contributed by atoms with E-state index in [1.54, 1.807) is 0 Å². The number of ether oxygens (including phenoxy) is 1. The molecule has 3 heterocycles. The van der Waals surface area contributed by atoms with Crippen molar-refractivity contribution in [1.82, 2.24) is 14.9 Å². The van der Waals surface area contributed by atoms with Gasteiger partial charge in [0.2, 0.25) is 5.95 Å². The minimum absolute atomic E-state index is 0.0752. The van der Waals surface area contributed by atoms with Crippen LogP contribution in [0.2, 0.25) is 0 Å². The third-order valence-corrected chi connectivity index (χ3v) is 5.98. The predicted molar refractivity (Wildman–Crippen MR) is 124 cm³/mol. The van der Waals surface area contributed by atoms with Crippen molar-refractivity contribution in [3.05, 3.63) is 76.5 Å². The van der Waals surface area contributed by atoms with Crippen LogP contribution in [0.15, 0.2) is 48.5 Å². The van der Waals surface area contributed by atoms with Crippen LogP contribution in [0.5, 0.6) is 0 Å². The quantitative estimate of drug-likeness (QED) is 0.680. The second kappa shape index (κ2) is 8.59. The maximum Gasteiger partial charge on any atom is 0.253 e. The van der Waals surface area contributed by atoms with E-state index in [1.807, 2.05) is 48.2 Å². The van der Waals surface area contributed by atoms with Crippen LogP contribution in [0.25, 0.3) is 0 Å². The molecule has 164 valence electrons. The number of benzene rings is 2. The molecule has 5 rings (SSSR count). The van der Waals surface area contributed by atoms with Crippen LogP contribution in [0.3, 0.4) is 0 Å². The number of hydrogen-bond acceptors (Lipinski definition) is 6. The molecular weight excluding hydrogens is 402 g/mol. The first kappa shape index (κ1) is 20.5. The van der Waals surface area contributed by atoms with Crippen molar-refractivity contribution >= 4 is 23.4 Å². The van der Waals surface area contributed by atoms with Crippen LogP contribution in [0, 0.1) is 13.8 Å². The molecule has 1 fully saturated rings. The summed E-state index contributed by atoms with van der Waals surface area (Å²) in [6.45, 7) is 7.96. The third kappa shape index (κ3) is 4.29. The second-order valence-corrected chi connectivity index (χ2v) is 8.44. The molecule has 2 aliphatic rings. The molecule has 1 saturated heterocycles. The monoisotopic (exact) mass is 429 g/mol. The summed E-state index contributed by atoms with van der Waals surface area (Å²) >= 11 is 0. The highest BCUT2D eigenvalue weighted by molar-refractivity contribution is 5.94.